The molecule has 0 saturated heterocycles. The lowest BCUT2D eigenvalue weighted by Crippen LogP contribution is -3.13. The molecule has 0 spiro atoms. The van der Waals surface area contributed by atoms with Gasteiger partial charge in [0.2, 0.25) is 0 Å². The first-order valence-corrected chi connectivity index (χ1v) is 7.84. The van der Waals surface area contributed by atoms with Crippen LogP contribution in [0.3, 0.4) is 0 Å². The lowest BCUT2D eigenvalue weighted by atomic mass is 10.00. The number of rotatable bonds is 4. The van der Waals surface area contributed by atoms with Crippen molar-refractivity contribution in [1.29, 1.82) is 0 Å². The number of hydrogen-bond donors (Lipinski definition) is 2. The third-order valence-corrected chi connectivity index (χ3v) is 4.05. The van der Waals surface area contributed by atoms with Gasteiger partial charge in [0.25, 0.3) is 5.91 Å². The van der Waals surface area contributed by atoms with Crippen molar-refractivity contribution in [3.05, 3.63) is 72.1 Å². The van der Waals surface area contributed by atoms with Crippen molar-refractivity contribution in [1.82, 2.24) is 0 Å². The van der Waals surface area contributed by atoms with Crippen molar-refractivity contribution in [2.45, 2.75) is 6.42 Å². The Morgan fingerprint density at radius 1 is 1.13 bits per heavy atom. The van der Waals surface area contributed by atoms with E-state index < -0.39 is 0 Å². The molecule has 1 atom stereocenters. The minimum atomic E-state index is -0.344. The van der Waals surface area contributed by atoms with E-state index in [4.69, 9.17) is 0 Å². The second-order valence-corrected chi connectivity index (χ2v) is 5.78. The summed E-state index contributed by atoms with van der Waals surface area (Å²) in [6.45, 7) is 2.16. The Labute approximate surface area is 135 Å². The van der Waals surface area contributed by atoms with Crippen LogP contribution in [-0.4, -0.2) is 25.5 Å². The summed E-state index contributed by atoms with van der Waals surface area (Å²) in [5.41, 5.74) is 3.11. The summed E-state index contributed by atoms with van der Waals surface area (Å²) >= 11 is 0. The lowest BCUT2D eigenvalue weighted by Gasteiger charge is -2.23. The van der Waals surface area contributed by atoms with Crippen LogP contribution in [0.5, 0.6) is 0 Å². The summed E-state index contributed by atoms with van der Waals surface area (Å²) in [5.74, 6) is -0.425. The Morgan fingerprint density at radius 2 is 1.96 bits per heavy atom. The van der Waals surface area contributed by atoms with Gasteiger partial charge in [-0.15, -0.1) is 0 Å². The molecule has 3 rings (SSSR count). The second-order valence-electron chi connectivity index (χ2n) is 5.78. The summed E-state index contributed by atoms with van der Waals surface area (Å²) in [4.78, 5) is 13.3. The highest BCUT2D eigenvalue weighted by molar-refractivity contribution is 5.91. The first kappa shape index (κ1) is 15.4. The van der Waals surface area contributed by atoms with Crippen LogP contribution in [0.15, 0.2) is 60.7 Å². The lowest BCUT2D eigenvalue weighted by molar-refractivity contribution is -0.886. The SMILES string of the molecule is O=C(C[NH+]1CC=C(c2ccccc2)CC1)Nc1cccc(F)c1. The summed E-state index contributed by atoms with van der Waals surface area (Å²) < 4.78 is 13.1. The molecule has 2 aromatic carbocycles. The fraction of sp³-hybridized carbons (Fsp3) is 0.211. The largest absolute Gasteiger partial charge is 0.324 e. The molecule has 0 aromatic heterocycles. The Morgan fingerprint density at radius 3 is 2.65 bits per heavy atom. The predicted octanol–water partition coefficient (Wildman–Crippen LogP) is 2.14. The molecule has 2 N–H and O–H groups in total. The first-order chi connectivity index (χ1) is 11.2. The monoisotopic (exact) mass is 311 g/mol. The minimum Gasteiger partial charge on any atom is -0.324 e. The van der Waals surface area contributed by atoms with Gasteiger partial charge in [-0.05, 0) is 35.4 Å². The van der Waals surface area contributed by atoms with E-state index in [1.54, 1.807) is 12.1 Å². The zero-order valence-electron chi connectivity index (χ0n) is 12.9. The molecule has 118 valence electrons. The highest BCUT2D eigenvalue weighted by atomic mass is 19.1. The number of carbonyl (C=O) groups is 1. The van der Waals surface area contributed by atoms with Crippen molar-refractivity contribution in [2.75, 3.05) is 25.0 Å². The number of halogens is 1. The van der Waals surface area contributed by atoms with Crippen molar-refractivity contribution >= 4 is 17.2 Å². The van der Waals surface area contributed by atoms with Crippen LogP contribution < -0.4 is 10.2 Å². The van der Waals surface area contributed by atoms with E-state index in [0.717, 1.165) is 19.5 Å². The van der Waals surface area contributed by atoms with Gasteiger partial charge in [-0.1, -0.05) is 36.4 Å². The molecule has 3 nitrogen and oxygen atoms in total. The molecule has 0 radical (unpaired) electrons. The van der Waals surface area contributed by atoms with E-state index in [0.29, 0.717) is 12.2 Å². The van der Waals surface area contributed by atoms with Crippen molar-refractivity contribution in [3.8, 4) is 0 Å². The standard InChI is InChI=1S/C19H19FN2O/c20-17-7-4-8-18(13-17)21-19(23)14-22-11-9-16(10-12-22)15-5-2-1-3-6-15/h1-9,13H,10-12,14H2,(H,21,23)/p+1. The van der Waals surface area contributed by atoms with Crippen molar-refractivity contribution < 1.29 is 14.1 Å². The van der Waals surface area contributed by atoms with Gasteiger partial charge < -0.3 is 10.2 Å². The molecule has 1 heterocycles. The zero-order chi connectivity index (χ0) is 16.1. The fourth-order valence-corrected chi connectivity index (χ4v) is 2.86. The Hall–Kier alpha value is -2.46. The molecular formula is C19H20FN2O+. The summed E-state index contributed by atoms with van der Waals surface area (Å²) in [6.07, 6.45) is 3.18. The minimum absolute atomic E-state index is 0.0813. The summed E-state index contributed by atoms with van der Waals surface area (Å²) in [5, 5.41) is 2.75. The molecule has 4 heteroatoms. The van der Waals surface area contributed by atoms with E-state index in [2.05, 4.69) is 23.5 Å². The van der Waals surface area contributed by atoms with Crippen LogP contribution in [-0.2, 0) is 4.79 Å². The molecule has 1 unspecified atom stereocenters. The van der Waals surface area contributed by atoms with Gasteiger partial charge in [-0.3, -0.25) is 4.79 Å². The molecule has 0 fully saturated rings. The summed E-state index contributed by atoms with van der Waals surface area (Å²) in [7, 11) is 0. The first-order valence-electron chi connectivity index (χ1n) is 7.84. The maximum Gasteiger partial charge on any atom is 0.279 e. The highest BCUT2D eigenvalue weighted by Crippen LogP contribution is 2.17. The molecule has 0 bridgehead atoms. The molecule has 23 heavy (non-hydrogen) atoms. The average molecular weight is 311 g/mol. The fourth-order valence-electron chi connectivity index (χ4n) is 2.86. The number of amides is 1. The number of hydrogen-bond acceptors (Lipinski definition) is 1. The topological polar surface area (TPSA) is 33.5 Å². The molecule has 1 aliphatic rings. The second kappa shape index (κ2) is 7.20. The van der Waals surface area contributed by atoms with Gasteiger partial charge in [0.1, 0.15) is 5.82 Å². The van der Waals surface area contributed by atoms with Crippen LogP contribution >= 0.6 is 0 Å². The average Bonchev–Trinajstić information content (AvgIpc) is 2.56. The van der Waals surface area contributed by atoms with E-state index in [9.17, 15) is 9.18 Å². The Balaban J connectivity index is 1.54. The number of quaternary nitrogens is 1. The molecular weight excluding hydrogens is 291 g/mol. The molecule has 0 aliphatic carbocycles. The van der Waals surface area contributed by atoms with E-state index >= 15 is 0 Å². The van der Waals surface area contributed by atoms with E-state index in [1.165, 1.54) is 28.2 Å². The van der Waals surface area contributed by atoms with Crippen molar-refractivity contribution in [3.63, 3.8) is 0 Å². The maximum atomic E-state index is 13.1. The molecule has 0 saturated carbocycles. The summed E-state index contributed by atoms with van der Waals surface area (Å²) in [6, 6.07) is 16.3. The normalized spacial score (nSPS) is 17.4. The number of anilines is 1. The third-order valence-electron chi connectivity index (χ3n) is 4.05. The van der Waals surface area contributed by atoms with E-state index in [-0.39, 0.29) is 11.7 Å². The molecule has 1 amide bonds. The van der Waals surface area contributed by atoms with E-state index in [1.807, 2.05) is 18.2 Å². The van der Waals surface area contributed by atoms with Crippen LogP contribution in [0, 0.1) is 5.82 Å². The van der Waals surface area contributed by atoms with Crippen LogP contribution in [0.25, 0.3) is 5.57 Å². The number of benzene rings is 2. The number of nitrogens with one attached hydrogen (secondary N) is 2. The number of carbonyl (C=O) groups excluding carboxylic acids is 1. The highest BCUT2D eigenvalue weighted by Gasteiger charge is 2.18. The van der Waals surface area contributed by atoms with Gasteiger partial charge in [-0.25, -0.2) is 4.39 Å². The molecule has 2 aromatic rings. The van der Waals surface area contributed by atoms with Gasteiger partial charge >= 0.3 is 0 Å². The molecule has 1 aliphatic heterocycles. The quantitative estimate of drug-likeness (QED) is 0.891. The third kappa shape index (κ3) is 4.27. The zero-order valence-corrected chi connectivity index (χ0v) is 12.9. The predicted molar refractivity (Wildman–Crippen MR) is 89.6 cm³/mol. The van der Waals surface area contributed by atoms with Crippen LogP contribution in [0.4, 0.5) is 10.1 Å². The van der Waals surface area contributed by atoms with Crippen molar-refractivity contribution in [2.24, 2.45) is 0 Å². The van der Waals surface area contributed by atoms with Gasteiger partial charge in [0.05, 0.1) is 13.1 Å². The maximum absolute atomic E-state index is 13.1. The van der Waals surface area contributed by atoms with Crippen LogP contribution in [0.2, 0.25) is 0 Å². The Kier molecular flexibility index (Phi) is 4.83. The Bertz CT molecular complexity index is 712. The smallest absolute Gasteiger partial charge is 0.279 e. The van der Waals surface area contributed by atoms with Gasteiger partial charge in [0, 0.05) is 12.1 Å². The van der Waals surface area contributed by atoms with Crippen LogP contribution in [0.1, 0.15) is 12.0 Å². The van der Waals surface area contributed by atoms with Gasteiger partial charge in [0.15, 0.2) is 6.54 Å². The van der Waals surface area contributed by atoms with Gasteiger partial charge in [-0.2, -0.15) is 0 Å².